The largest absolute Gasteiger partial charge is 0.313 e. The van der Waals surface area contributed by atoms with Gasteiger partial charge in [0, 0.05) is 16.5 Å². The smallest absolute Gasteiger partial charge is 0.266 e. The summed E-state index contributed by atoms with van der Waals surface area (Å²) in [6.07, 6.45) is 3.21. The number of hydrogen-bond acceptors (Lipinski definition) is 3. The molecule has 0 unspecified atom stereocenters. The van der Waals surface area contributed by atoms with Gasteiger partial charge in [0.2, 0.25) is 0 Å². The van der Waals surface area contributed by atoms with Crippen LogP contribution in [0.5, 0.6) is 0 Å². The fraction of sp³-hybridized carbons (Fsp3) is 0.250. The van der Waals surface area contributed by atoms with Crippen molar-refractivity contribution in [3.8, 4) is 0 Å². The van der Waals surface area contributed by atoms with Crippen molar-refractivity contribution in [1.82, 2.24) is 4.98 Å². The van der Waals surface area contributed by atoms with E-state index in [1.54, 1.807) is 12.1 Å². The van der Waals surface area contributed by atoms with Crippen molar-refractivity contribution in [3.05, 3.63) is 54.4 Å². The van der Waals surface area contributed by atoms with E-state index < -0.39 is 5.41 Å². The fourth-order valence-corrected chi connectivity index (χ4v) is 2.66. The van der Waals surface area contributed by atoms with E-state index in [2.05, 4.69) is 4.98 Å². The van der Waals surface area contributed by atoms with E-state index in [1.807, 2.05) is 39.0 Å². The van der Waals surface area contributed by atoms with Gasteiger partial charge < -0.3 is 4.98 Å². The summed E-state index contributed by atoms with van der Waals surface area (Å²) in [6, 6.07) is 7.30. The molecular formula is C16H16ClNO2S. The van der Waals surface area contributed by atoms with E-state index in [9.17, 15) is 9.59 Å². The third kappa shape index (κ3) is 3.93. The number of carbonyl (C=O) groups is 1. The summed E-state index contributed by atoms with van der Waals surface area (Å²) >= 11 is 7.33. The number of ketones is 1. The van der Waals surface area contributed by atoms with Crippen molar-refractivity contribution in [1.29, 1.82) is 0 Å². The molecule has 1 heterocycles. The van der Waals surface area contributed by atoms with E-state index in [-0.39, 0.29) is 11.3 Å². The highest BCUT2D eigenvalue weighted by atomic mass is 35.5. The Bertz CT molecular complexity index is 840. The standard InChI is InChI=1S/C16H16ClNO2S/c1-16(2,3)13(19)9-14-18-15(20)12(21-14)8-10-6-4-5-7-11(10)17/h4-9H,1-3H3,(H,18,20). The summed E-state index contributed by atoms with van der Waals surface area (Å²) in [5.41, 5.74) is 0.0983. The summed E-state index contributed by atoms with van der Waals surface area (Å²) in [5.74, 6) is -0.0238. The SMILES string of the molecule is CC(C)(C)C(=O)C=c1[nH]c(=O)c(=Cc2ccccc2Cl)s1. The molecule has 0 aliphatic carbocycles. The average Bonchev–Trinajstić information content (AvgIpc) is 2.71. The van der Waals surface area contributed by atoms with Gasteiger partial charge in [-0.1, -0.05) is 50.6 Å². The number of Topliss-reactive ketones (excluding diaryl/α,β-unsaturated/α-hetero) is 1. The first-order valence-corrected chi connectivity index (χ1v) is 7.68. The molecule has 0 bridgehead atoms. The van der Waals surface area contributed by atoms with Crippen molar-refractivity contribution in [3.63, 3.8) is 0 Å². The molecule has 2 rings (SSSR count). The molecule has 110 valence electrons. The lowest BCUT2D eigenvalue weighted by Gasteiger charge is -2.12. The van der Waals surface area contributed by atoms with Crippen LogP contribution < -0.4 is 14.8 Å². The van der Waals surface area contributed by atoms with Crippen molar-refractivity contribution in [2.24, 2.45) is 5.41 Å². The molecule has 1 aromatic carbocycles. The molecule has 0 spiro atoms. The molecule has 0 aliphatic heterocycles. The van der Waals surface area contributed by atoms with Crippen LogP contribution in [0.25, 0.3) is 12.2 Å². The van der Waals surface area contributed by atoms with E-state index in [1.165, 1.54) is 17.4 Å². The Morgan fingerprint density at radius 3 is 2.57 bits per heavy atom. The van der Waals surface area contributed by atoms with Crippen molar-refractivity contribution in [2.75, 3.05) is 0 Å². The highest BCUT2D eigenvalue weighted by Crippen LogP contribution is 2.15. The number of rotatable bonds is 2. The van der Waals surface area contributed by atoms with Gasteiger partial charge in [-0.15, -0.1) is 11.3 Å². The Morgan fingerprint density at radius 1 is 1.29 bits per heavy atom. The van der Waals surface area contributed by atoms with Gasteiger partial charge in [0.15, 0.2) is 5.78 Å². The fourth-order valence-electron chi connectivity index (χ4n) is 1.59. The molecule has 0 amide bonds. The van der Waals surface area contributed by atoms with Crippen molar-refractivity contribution in [2.45, 2.75) is 20.8 Å². The van der Waals surface area contributed by atoms with E-state index >= 15 is 0 Å². The number of aromatic amines is 1. The number of carbonyl (C=O) groups excluding carboxylic acids is 1. The average molecular weight is 322 g/mol. The Kier molecular flexibility index (Phi) is 4.49. The van der Waals surface area contributed by atoms with Gasteiger partial charge in [-0.3, -0.25) is 9.59 Å². The molecule has 21 heavy (non-hydrogen) atoms. The lowest BCUT2D eigenvalue weighted by atomic mass is 9.91. The van der Waals surface area contributed by atoms with Gasteiger partial charge in [-0.2, -0.15) is 0 Å². The van der Waals surface area contributed by atoms with E-state index in [0.717, 1.165) is 5.56 Å². The monoisotopic (exact) mass is 321 g/mol. The Balaban J connectivity index is 2.51. The zero-order valence-corrected chi connectivity index (χ0v) is 13.6. The minimum Gasteiger partial charge on any atom is -0.313 e. The quantitative estimate of drug-likeness (QED) is 0.923. The van der Waals surface area contributed by atoms with Gasteiger partial charge >= 0.3 is 0 Å². The van der Waals surface area contributed by atoms with Crippen LogP contribution in [0.4, 0.5) is 0 Å². The highest BCUT2D eigenvalue weighted by molar-refractivity contribution is 7.07. The Morgan fingerprint density at radius 2 is 1.95 bits per heavy atom. The van der Waals surface area contributed by atoms with Crippen LogP contribution in [-0.2, 0) is 4.79 Å². The predicted octanol–water partition coefficient (Wildman–Crippen LogP) is 2.31. The molecule has 0 atom stereocenters. The van der Waals surface area contributed by atoms with Crippen LogP contribution in [0.15, 0.2) is 29.1 Å². The zero-order valence-electron chi connectivity index (χ0n) is 12.1. The number of nitrogens with one attached hydrogen (secondary N) is 1. The van der Waals surface area contributed by atoms with Crippen molar-refractivity contribution >= 4 is 40.9 Å². The van der Waals surface area contributed by atoms with Crippen LogP contribution in [0.3, 0.4) is 0 Å². The Labute approximate surface area is 131 Å². The first-order chi connectivity index (χ1) is 9.77. The van der Waals surface area contributed by atoms with Crippen LogP contribution in [0, 0.1) is 5.41 Å². The number of aromatic nitrogens is 1. The van der Waals surface area contributed by atoms with Crippen molar-refractivity contribution < 1.29 is 4.79 Å². The molecule has 0 fully saturated rings. The number of H-pyrrole nitrogens is 1. The van der Waals surface area contributed by atoms with E-state index in [4.69, 9.17) is 11.6 Å². The lowest BCUT2D eigenvalue weighted by Crippen LogP contribution is -2.22. The first kappa shape index (κ1) is 15.7. The predicted molar refractivity (Wildman–Crippen MR) is 88.1 cm³/mol. The molecule has 3 nitrogen and oxygen atoms in total. The summed E-state index contributed by atoms with van der Waals surface area (Å²) in [7, 11) is 0. The number of halogens is 1. The summed E-state index contributed by atoms with van der Waals surface area (Å²) in [4.78, 5) is 26.6. The second-order valence-electron chi connectivity index (χ2n) is 5.71. The molecule has 0 aliphatic rings. The third-order valence-electron chi connectivity index (χ3n) is 2.87. The van der Waals surface area contributed by atoms with Crippen LogP contribution >= 0.6 is 22.9 Å². The van der Waals surface area contributed by atoms with Gasteiger partial charge in [-0.25, -0.2) is 0 Å². The first-order valence-electron chi connectivity index (χ1n) is 6.49. The molecule has 2 aromatic rings. The summed E-state index contributed by atoms with van der Waals surface area (Å²) < 4.78 is 1.08. The van der Waals surface area contributed by atoms with E-state index in [0.29, 0.717) is 14.2 Å². The molecule has 0 saturated carbocycles. The molecule has 1 aromatic heterocycles. The highest BCUT2D eigenvalue weighted by Gasteiger charge is 2.18. The number of hydrogen-bond donors (Lipinski definition) is 1. The maximum atomic E-state index is 12.0. The second-order valence-corrected chi connectivity index (χ2v) is 7.20. The molecule has 1 N–H and O–H groups in total. The Hall–Kier alpha value is -1.65. The second kappa shape index (κ2) is 6.00. The van der Waals surface area contributed by atoms with Gasteiger partial charge in [0.05, 0.1) is 9.20 Å². The van der Waals surface area contributed by atoms with Gasteiger partial charge in [0.1, 0.15) is 0 Å². The maximum Gasteiger partial charge on any atom is 0.266 e. The minimum absolute atomic E-state index is 0.0238. The molecule has 5 heteroatoms. The maximum absolute atomic E-state index is 12.0. The van der Waals surface area contributed by atoms with Crippen LogP contribution in [-0.4, -0.2) is 10.8 Å². The summed E-state index contributed by atoms with van der Waals surface area (Å²) in [5, 5.41) is 0.585. The zero-order chi connectivity index (χ0) is 15.6. The van der Waals surface area contributed by atoms with Gasteiger partial charge in [-0.05, 0) is 17.7 Å². The topological polar surface area (TPSA) is 49.9 Å². The van der Waals surface area contributed by atoms with Crippen LogP contribution in [0.1, 0.15) is 26.3 Å². The summed E-state index contributed by atoms with van der Waals surface area (Å²) in [6.45, 7) is 5.52. The lowest BCUT2D eigenvalue weighted by molar-refractivity contribution is -0.119. The minimum atomic E-state index is -0.465. The molecule has 0 radical (unpaired) electrons. The number of thiazole rings is 1. The third-order valence-corrected chi connectivity index (χ3v) is 4.18. The molecule has 0 saturated heterocycles. The van der Waals surface area contributed by atoms with Crippen LogP contribution in [0.2, 0.25) is 5.02 Å². The van der Waals surface area contributed by atoms with Gasteiger partial charge in [0.25, 0.3) is 5.56 Å². The normalized spacial score (nSPS) is 13.7. The number of benzene rings is 1. The molecular weight excluding hydrogens is 306 g/mol.